The van der Waals surface area contributed by atoms with Crippen LogP contribution in [0.3, 0.4) is 0 Å². The number of rotatable bonds is 5. The zero-order valence-corrected chi connectivity index (χ0v) is 10.8. The second-order valence-corrected chi connectivity index (χ2v) is 5.57. The third-order valence-corrected chi connectivity index (χ3v) is 3.47. The van der Waals surface area contributed by atoms with Crippen molar-refractivity contribution in [2.75, 3.05) is 12.8 Å². The summed E-state index contributed by atoms with van der Waals surface area (Å²) in [6, 6.07) is 4.63. The Labute approximate surface area is 96.9 Å². The maximum absolute atomic E-state index is 4.33. The highest BCUT2D eigenvalue weighted by atomic mass is 32.2. The molecule has 3 heteroatoms. The monoisotopic (exact) mass is 224 g/mol. The summed E-state index contributed by atoms with van der Waals surface area (Å²) < 4.78 is 0. The van der Waals surface area contributed by atoms with Crippen LogP contribution in [-0.2, 0) is 0 Å². The molecule has 1 aromatic rings. The lowest BCUT2D eigenvalue weighted by Crippen LogP contribution is -2.19. The van der Waals surface area contributed by atoms with Gasteiger partial charge in [-0.25, -0.2) is 0 Å². The summed E-state index contributed by atoms with van der Waals surface area (Å²) in [6.45, 7) is 6.47. The second kappa shape index (κ2) is 6.13. The molecule has 1 atom stereocenters. The molecule has 1 aromatic heterocycles. The van der Waals surface area contributed by atoms with Gasteiger partial charge in [-0.15, -0.1) is 0 Å². The first kappa shape index (κ1) is 12.5. The van der Waals surface area contributed by atoms with Gasteiger partial charge in [0, 0.05) is 23.7 Å². The van der Waals surface area contributed by atoms with Gasteiger partial charge in [0.05, 0.1) is 0 Å². The van der Waals surface area contributed by atoms with Gasteiger partial charge in [-0.1, -0.05) is 19.9 Å². The van der Waals surface area contributed by atoms with Crippen LogP contribution in [0.25, 0.3) is 0 Å². The average molecular weight is 224 g/mol. The topological polar surface area (TPSA) is 24.9 Å². The van der Waals surface area contributed by atoms with Gasteiger partial charge in [-0.3, -0.25) is 4.98 Å². The molecule has 0 saturated heterocycles. The number of pyridine rings is 1. The molecule has 1 N–H and O–H groups in total. The summed E-state index contributed by atoms with van der Waals surface area (Å²) in [5.74, 6) is 1.10. The van der Waals surface area contributed by atoms with Crippen LogP contribution in [0.5, 0.6) is 0 Å². The fourth-order valence-corrected chi connectivity index (χ4v) is 2.26. The molecule has 0 radical (unpaired) electrons. The van der Waals surface area contributed by atoms with Gasteiger partial charge in [0.2, 0.25) is 0 Å². The molecule has 0 aromatic carbocycles. The Morgan fingerprint density at radius 3 is 2.60 bits per heavy atom. The molecule has 1 heterocycles. The van der Waals surface area contributed by atoms with E-state index >= 15 is 0 Å². The summed E-state index contributed by atoms with van der Waals surface area (Å²) in [5, 5.41) is 4.01. The standard InChI is InChI=1S/C12H20N2S/c1-9(2)15-8-12(13-4)11-6-5-10(3)14-7-11/h5-7,9,12-13H,8H2,1-4H3. The van der Waals surface area contributed by atoms with Crippen molar-refractivity contribution in [2.45, 2.75) is 32.1 Å². The minimum absolute atomic E-state index is 0.408. The van der Waals surface area contributed by atoms with E-state index in [-0.39, 0.29) is 0 Å². The van der Waals surface area contributed by atoms with Crippen molar-refractivity contribution in [3.8, 4) is 0 Å². The van der Waals surface area contributed by atoms with Crippen LogP contribution in [-0.4, -0.2) is 23.0 Å². The quantitative estimate of drug-likeness (QED) is 0.832. The first-order valence-electron chi connectivity index (χ1n) is 5.35. The highest BCUT2D eigenvalue weighted by Gasteiger charge is 2.10. The predicted molar refractivity (Wildman–Crippen MR) is 68.4 cm³/mol. The lowest BCUT2D eigenvalue weighted by atomic mass is 10.1. The Balaban J connectivity index is 2.61. The van der Waals surface area contributed by atoms with Gasteiger partial charge in [-0.2, -0.15) is 11.8 Å². The fraction of sp³-hybridized carbons (Fsp3) is 0.583. The number of aryl methyl sites for hydroxylation is 1. The van der Waals surface area contributed by atoms with Crippen LogP contribution in [0, 0.1) is 6.92 Å². The van der Waals surface area contributed by atoms with E-state index in [1.807, 2.05) is 31.9 Å². The highest BCUT2D eigenvalue weighted by molar-refractivity contribution is 7.99. The molecule has 0 fully saturated rings. The SMILES string of the molecule is CNC(CSC(C)C)c1ccc(C)nc1. The van der Waals surface area contributed by atoms with Crippen LogP contribution in [0.4, 0.5) is 0 Å². The molecule has 2 nitrogen and oxygen atoms in total. The molecular weight excluding hydrogens is 204 g/mol. The molecular formula is C12H20N2S. The van der Waals surface area contributed by atoms with Crippen molar-refractivity contribution in [2.24, 2.45) is 0 Å². The predicted octanol–water partition coefficient (Wildman–Crippen LogP) is 2.79. The van der Waals surface area contributed by atoms with Gasteiger partial charge in [-0.05, 0) is 30.9 Å². The molecule has 0 aliphatic rings. The van der Waals surface area contributed by atoms with Gasteiger partial charge < -0.3 is 5.32 Å². The third-order valence-electron chi connectivity index (χ3n) is 2.28. The first-order valence-corrected chi connectivity index (χ1v) is 6.39. The maximum Gasteiger partial charge on any atom is 0.0424 e. The zero-order chi connectivity index (χ0) is 11.3. The van der Waals surface area contributed by atoms with Gasteiger partial charge >= 0.3 is 0 Å². The van der Waals surface area contributed by atoms with Crippen molar-refractivity contribution < 1.29 is 0 Å². The number of hydrogen-bond donors (Lipinski definition) is 1. The van der Waals surface area contributed by atoms with Crippen LogP contribution in [0.1, 0.15) is 31.1 Å². The number of aromatic nitrogens is 1. The van der Waals surface area contributed by atoms with E-state index < -0.39 is 0 Å². The number of hydrogen-bond acceptors (Lipinski definition) is 3. The van der Waals surface area contributed by atoms with E-state index in [1.54, 1.807) is 0 Å². The number of nitrogens with zero attached hydrogens (tertiary/aromatic N) is 1. The van der Waals surface area contributed by atoms with Crippen molar-refractivity contribution in [1.82, 2.24) is 10.3 Å². The molecule has 1 unspecified atom stereocenters. The van der Waals surface area contributed by atoms with Crippen LogP contribution in [0.15, 0.2) is 18.3 Å². The van der Waals surface area contributed by atoms with E-state index in [1.165, 1.54) is 5.56 Å². The van der Waals surface area contributed by atoms with E-state index in [9.17, 15) is 0 Å². The zero-order valence-electron chi connectivity index (χ0n) is 9.95. The molecule has 0 amide bonds. The van der Waals surface area contributed by atoms with E-state index in [4.69, 9.17) is 0 Å². The summed E-state index contributed by atoms with van der Waals surface area (Å²) in [4.78, 5) is 4.33. The van der Waals surface area contributed by atoms with E-state index in [0.717, 1.165) is 11.4 Å². The van der Waals surface area contributed by atoms with Crippen molar-refractivity contribution in [1.29, 1.82) is 0 Å². The van der Waals surface area contributed by atoms with Gasteiger partial charge in [0.25, 0.3) is 0 Å². The highest BCUT2D eigenvalue weighted by Crippen LogP contribution is 2.20. The third kappa shape index (κ3) is 4.22. The van der Waals surface area contributed by atoms with Gasteiger partial charge in [0.15, 0.2) is 0 Å². The Morgan fingerprint density at radius 1 is 1.40 bits per heavy atom. The van der Waals surface area contributed by atoms with Crippen molar-refractivity contribution >= 4 is 11.8 Å². The molecule has 1 rings (SSSR count). The molecule has 84 valence electrons. The maximum atomic E-state index is 4.33. The summed E-state index contributed by atoms with van der Waals surface area (Å²) in [5.41, 5.74) is 2.35. The lowest BCUT2D eigenvalue weighted by Gasteiger charge is -2.17. The molecule has 0 bridgehead atoms. The Hall–Kier alpha value is -0.540. The number of thioether (sulfide) groups is 1. The van der Waals surface area contributed by atoms with Crippen molar-refractivity contribution in [3.63, 3.8) is 0 Å². The van der Waals surface area contributed by atoms with Crippen molar-refractivity contribution in [3.05, 3.63) is 29.6 Å². The minimum Gasteiger partial charge on any atom is -0.312 e. The lowest BCUT2D eigenvalue weighted by molar-refractivity contribution is 0.657. The normalized spacial score (nSPS) is 13.1. The van der Waals surface area contributed by atoms with Crippen LogP contribution >= 0.6 is 11.8 Å². The largest absolute Gasteiger partial charge is 0.312 e. The Bertz CT molecular complexity index is 282. The molecule has 0 spiro atoms. The van der Waals surface area contributed by atoms with Gasteiger partial charge in [0.1, 0.15) is 0 Å². The van der Waals surface area contributed by atoms with Crippen LogP contribution < -0.4 is 5.32 Å². The molecule has 0 aliphatic heterocycles. The second-order valence-electron chi connectivity index (χ2n) is 3.96. The molecule has 15 heavy (non-hydrogen) atoms. The minimum atomic E-state index is 0.408. The summed E-state index contributed by atoms with van der Waals surface area (Å²) in [6.07, 6.45) is 1.97. The Kier molecular flexibility index (Phi) is 5.12. The fourth-order valence-electron chi connectivity index (χ4n) is 1.32. The van der Waals surface area contributed by atoms with E-state index in [0.29, 0.717) is 11.3 Å². The average Bonchev–Trinajstić information content (AvgIpc) is 2.21. The number of nitrogens with one attached hydrogen (secondary N) is 1. The Morgan fingerprint density at radius 2 is 2.13 bits per heavy atom. The molecule has 0 aliphatic carbocycles. The summed E-state index contributed by atoms with van der Waals surface area (Å²) >= 11 is 1.97. The first-order chi connectivity index (χ1) is 7.13. The van der Waals surface area contributed by atoms with E-state index in [2.05, 4.69) is 36.3 Å². The smallest absolute Gasteiger partial charge is 0.0424 e. The summed E-state index contributed by atoms with van der Waals surface area (Å²) in [7, 11) is 2.01. The van der Waals surface area contributed by atoms with Crippen LogP contribution in [0.2, 0.25) is 0 Å². The molecule has 0 saturated carbocycles.